The van der Waals surface area contributed by atoms with Crippen molar-refractivity contribution < 1.29 is 42.1 Å². The number of hydrogen-bond acceptors (Lipinski definition) is 10. The Morgan fingerprint density at radius 2 is 1.80 bits per heavy atom. The van der Waals surface area contributed by atoms with Gasteiger partial charge in [-0.25, -0.2) is 18.7 Å². The number of amides is 2. The second kappa shape index (κ2) is 11.5. The molecule has 1 aromatic carbocycles. The van der Waals surface area contributed by atoms with Crippen LogP contribution in [0.1, 0.15) is 26.7 Å². The van der Waals surface area contributed by atoms with Crippen LogP contribution in [0.15, 0.2) is 54.9 Å². The van der Waals surface area contributed by atoms with Crippen molar-refractivity contribution in [3.63, 3.8) is 0 Å². The standard InChI is InChI=1S/C31H29F2N5O7/c1-30(2)43-16-20(45-30)15-42-24-13-22-25(37-27(24)41-3)23(8-11-35-22)44-26-21(33)12-19(14-36-26)38(18-6-4-17(32)5-7-18)29(40)31(9-10-31)28(34)39/h4-8,11-14,20H,9-10,15-16H2,1-3H3,(H2,34,39). The van der Waals surface area contributed by atoms with E-state index in [1.165, 1.54) is 37.7 Å². The van der Waals surface area contributed by atoms with Crippen molar-refractivity contribution in [2.75, 3.05) is 25.2 Å². The minimum atomic E-state index is -1.43. The van der Waals surface area contributed by atoms with Crippen LogP contribution in [-0.4, -0.2) is 59.0 Å². The van der Waals surface area contributed by atoms with Gasteiger partial charge in [-0.1, -0.05) is 0 Å². The first-order valence-corrected chi connectivity index (χ1v) is 14.0. The second-order valence-electron chi connectivity index (χ2n) is 11.1. The lowest BCUT2D eigenvalue weighted by molar-refractivity contribution is -0.141. The molecule has 1 aliphatic carbocycles. The van der Waals surface area contributed by atoms with Gasteiger partial charge in [0, 0.05) is 30.1 Å². The molecular weight excluding hydrogens is 592 g/mol. The number of anilines is 2. The third kappa shape index (κ3) is 5.93. The van der Waals surface area contributed by atoms with Crippen LogP contribution < -0.4 is 24.8 Å². The maximum Gasteiger partial charge on any atom is 0.257 e. The maximum absolute atomic E-state index is 15.5. The molecule has 12 nitrogen and oxygen atoms in total. The normalized spacial score (nSPS) is 17.9. The van der Waals surface area contributed by atoms with Gasteiger partial charge >= 0.3 is 0 Å². The first kappa shape index (κ1) is 30.1. The highest BCUT2D eigenvalue weighted by Crippen LogP contribution is 2.49. The number of rotatable bonds is 10. The Morgan fingerprint density at radius 3 is 2.42 bits per heavy atom. The van der Waals surface area contributed by atoms with Gasteiger partial charge in [0.1, 0.15) is 29.5 Å². The molecule has 2 N–H and O–H groups in total. The van der Waals surface area contributed by atoms with Gasteiger partial charge in [-0.05, 0) is 51.0 Å². The summed E-state index contributed by atoms with van der Waals surface area (Å²) in [5.74, 6) is -3.47. The van der Waals surface area contributed by atoms with E-state index in [2.05, 4.69) is 15.0 Å². The highest BCUT2D eigenvalue weighted by atomic mass is 19.1. The van der Waals surface area contributed by atoms with Crippen LogP contribution in [0.25, 0.3) is 11.0 Å². The Balaban J connectivity index is 1.28. The molecule has 0 spiro atoms. The van der Waals surface area contributed by atoms with Gasteiger partial charge in [0.25, 0.3) is 11.8 Å². The van der Waals surface area contributed by atoms with Gasteiger partial charge in [-0.15, -0.1) is 0 Å². The van der Waals surface area contributed by atoms with E-state index in [1.54, 1.807) is 6.07 Å². The fourth-order valence-corrected chi connectivity index (χ4v) is 4.97. The molecule has 2 fully saturated rings. The lowest BCUT2D eigenvalue weighted by Crippen LogP contribution is -2.41. The van der Waals surface area contributed by atoms with Crippen molar-refractivity contribution in [1.82, 2.24) is 15.0 Å². The third-order valence-electron chi connectivity index (χ3n) is 7.47. The Hall–Kier alpha value is -4.95. The van der Waals surface area contributed by atoms with Crippen LogP contribution in [0.5, 0.6) is 23.3 Å². The molecule has 1 saturated carbocycles. The fraction of sp³-hybridized carbons (Fsp3) is 0.323. The van der Waals surface area contributed by atoms with Crippen molar-refractivity contribution in [3.8, 4) is 23.3 Å². The molecule has 1 unspecified atom stereocenters. The summed E-state index contributed by atoms with van der Waals surface area (Å²) in [6.07, 6.45) is 2.85. The molecule has 14 heteroatoms. The Morgan fingerprint density at radius 1 is 1.04 bits per heavy atom. The summed E-state index contributed by atoms with van der Waals surface area (Å²) in [7, 11) is 1.42. The number of nitrogens with two attached hydrogens (primary N) is 1. The summed E-state index contributed by atoms with van der Waals surface area (Å²) in [5, 5.41) is 0. The largest absolute Gasteiger partial charge is 0.485 e. The average Bonchev–Trinajstić information content (AvgIpc) is 3.76. The number of nitrogens with zero attached hydrogens (tertiary/aromatic N) is 4. The zero-order valence-electron chi connectivity index (χ0n) is 24.6. The monoisotopic (exact) mass is 621 g/mol. The van der Waals surface area contributed by atoms with Crippen LogP contribution in [0.2, 0.25) is 0 Å². The summed E-state index contributed by atoms with van der Waals surface area (Å²) in [5.41, 5.74) is 4.91. The topological polar surface area (TPSA) is 148 Å². The van der Waals surface area contributed by atoms with E-state index >= 15 is 4.39 Å². The molecule has 1 aliphatic heterocycles. The number of ether oxygens (including phenoxy) is 5. The number of aromatic nitrogens is 3. The molecule has 6 rings (SSSR count). The Bertz CT molecular complexity index is 1780. The van der Waals surface area contributed by atoms with Crippen molar-refractivity contribution in [2.24, 2.45) is 11.1 Å². The molecule has 0 radical (unpaired) electrons. The van der Waals surface area contributed by atoms with Crippen molar-refractivity contribution in [3.05, 3.63) is 66.5 Å². The van der Waals surface area contributed by atoms with Crippen LogP contribution >= 0.6 is 0 Å². The molecule has 45 heavy (non-hydrogen) atoms. The lowest BCUT2D eigenvalue weighted by Gasteiger charge is -2.26. The van der Waals surface area contributed by atoms with Crippen LogP contribution in [0.4, 0.5) is 20.2 Å². The Labute approximate surface area is 256 Å². The van der Waals surface area contributed by atoms with E-state index in [0.717, 1.165) is 23.1 Å². The van der Waals surface area contributed by atoms with Gasteiger partial charge in [0.05, 0.1) is 31.1 Å². The summed E-state index contributed by atoms with van der Waals surface area (Å²) in [6, 6.07) is 9.08. The highest BCUT2D eigenvalue weighted by molar-refractivity contribution is 6.16. The molecule has 4 aromatic rings. The fourth-order valence-electron chi connectivity index (χ4n) is 4.97. The zero-order chi connectivity index (χ0) is 31.9. The number of methoxy groups -OCH3 is 1. The van der Waals surface area contributed by atoms with E-state index in [4.69, 9.17) is 29.4 Å². The molecule has 1 saturated heterocycles. The number of primary amides is 1. The summed E-state index contributed by atoms with van der Waals surface area (Å²) < 4.78 is 57.7. The first-order chi connectivity index (χ1) is 21.5. The molecule has 3 aromatic heterocycles. The Kier molecular flexibility index (Phi) is 7.70. The summed E-state index contributed by atoms with van der Waals surface area (Å²) >= 11 is 0. The zero-order valence-corrected chi connectivity index (χ0v) is 24.6. The maximum atomic E-state index is 15.5. The number of fused-ring (bicyclic) bond motifs is 1. The number of carbonyl (C=O) groups is 2. The van der Waals surface area contributed by atoms with Gasteiger partial charge in [-0.2, -0.15) is 0 Å². The number of carbonyl (C=O) groups excluding carboxylic acids is 2. The van der Waals surface area contributed by atoms with Gasteiger partial charge in [0.15, 0.2) is 23.1 Å². The highest BCUT2D eigenvalue weighted by Gasteiger charge is 2.57. The number of benzene rings is 1. The van der Waals surface area contributed by atoms with Crippen LogP contribution in [0.3, 0.4) is 0 Å². The molecule has 234 valence electrons. The smallest absolute Gasteiger partial charge is 0.257 e. The predicted molar refractivity (Wildman–Crippen MR) is 155 cm³/mol. The van der Waals surface area contributed by atoms with Crippen LogP contribution in [0, 0.1) is 17.0 Å². The van der Waals surface area contributed by atoms with Crippen LogP contribution in [-0.2, 0) is 19.1 Å². The van der Waals surface area contributed by atoms with E-state index in [9.17, 15) is 14.0 Å². The molecule has 1 atom stereocenters. The van der Waals surface area contributed by atoms with Crippen molar-refractivity contribution in [1.29, 1.82) is 0 Å². The van der Waals surface area contributed by atoms with E-state index in [0.29, 0.717) is 17.9 Å². The first-order valence-electron chi connectivity index (χ1n) is 14.0. The van der Waals surface area contributed by atoms with Gasteiger partial charge in [-0.3, -0.25) is 19.5 Å². The SMILES string of the molecule is COc1nc2c(Oc3ncc(N(C(=O)C4(C(N)=O)CC4)c4ccc(F)cc4)cc3F)ccnc2cc1OCC1COC(C)(C)O1. The third-order valence-corrected chi connectivity index (χ3v) is 7.47. The van der Waals surface area contributed by atoms with E-state index < -0.39 is 40.5 Å². The minimum absolute atomic E-state index is 0.00909. The minimum Gasteiger partial charge on any atom is -0.485 e. The van der Waals surface area contributed by atoms with Gasteiger partial charge in [0.2, 0.25) is 11.8 Å². The average molecular weight is 622 g/mol. The molecule has 0 bridgehead atoms. The predicted octanol–water partition coefficient (Wildman–Crippen LogP) is 4.56. The quantitative estimate of drug-likeness (QED) is 0.250. The second-order valence-corrected chi connectivity index (χ2v) is 11.1. The molecule has 2 amide bonds. The lowest BCUT2D eigenvalue weighted by atomic mass is 10.0. The summed E-state index contributed by atoms with van der Waals surface area (Å²) in [6.45, 7) is 4.18. The summed E-state index contributed by atoms with van der Waals surface area (Å²) in [4.78, 5) is 39.7. The number of hydrogen-bond donors (Lipinski definition) is 1. The number of halogens is 2. The van der Waals surface area contributed by atoms with Crippen molar-refractivity contribution in [2.45, 2.75) is 38.6 Å². The van der Waals surface area contributed by atoms with E-state index in [-0.39, 0.29) is 54.1 Å². The number of pyridine rings is 3. The molecule has 4 heterocycles. The van der Waals surface area contributed by atoms with E-state index in [1.807, 2.05) is 13.8 Å². The van der Waals surface area contributed by atoms with Gasteiger partial charge < -0.3 is 29.4 Å². The molecular formula is C31H29F2N5O7. The van der Waals surface area contributed by atoms with Crippen molar-refractivity contribution >= 4 is 34.2 Å². The molecule has 2 aliphatic rings.